The van der Waals surface area contributed by atoms with Gasteiger partial charge in [-0.25, -0.2) is 0 Å². The molecule has 0 aliphatic heterocycles. The molecule has 1 heterocycles. The molecule has 1 nitrogen and oxygen atoms in total. The zero-order valence-corrected chi connectivity index (χ0v) is 23.6. The second kappa shape index (κ2) is 9.38. The van der Waals surface area contributed by atoms with Crippen molar-refractivity contribution in [1.29, 1.82) is 0 Å². The Morgan fingerprint density at radius 2 is 1.05 bits per heavy atom. The quantitative estimate of drug-likeness (QED) is 0.0925. The number of hydrogen-bond donors (Lipinski definition) is 0. The van der Waals surface area contributed by atoms with E-state index in [4.69, 9.17) is 4.74 Å². The van der Waals surface area contributed by atoms with Crippen molar-refractivity contribution in [2.75, 3.05) is 6.61 Å². The van der Waals surface area contributed by atoms with Crippen molar-refractivity contribution in [1.82, 2.24) is 0 Å². The minimum atomic E-state index is 0.790. The molecule has 0 saturated heterocycles. The van der Waals surface area contributed by atoms with Crippen molar-refractivity contribution in [3.05, 3.63) is 66.0 Å². The van der Waals surface area contributed by atoms with E-state index in [1.165, 1.54) is 126 Å². The minimum Gasteiger partial charge on any atom is -0.493 e. The van der Waals surface area contributed by atoms with Crippen LogP contribution in [0, 0.1) is 0 Å². The van der Waals surface area contributed by atoms with Gasteiger partial charge < -0.3 is 4.74 Å². The molecule has 194 valence electrons. The van der Waals surface area contributed by atoms with Crippen molar-refractivity contribution in [2.45, 2.75) is 64.7 Å². The van der Waals surface area contributed by atoms with E-state index < -0.39 is 0 Å². The first-order valence-electron chi connectivity index (χ1n) is 15.0. The normalized spacial score (nSPS) is 12.7. The average Bonchev–Trinajstić information content (AvgIpc) is 3.47. The van der Waals surface area contributed by atoms with E-state index in [2.05, 4.69) is 73.0 Å². The van der Waals surface area contributed by atoms with Crippen LogP contribution in [-0.4, -0.2) is 6.61 Å². The largest absolute Gasteiger partial charge is 0.493 e. The maximum atomic E-state index is 6.70. The van der Waals surface area contributed by atoms with Crippen LogP contribution in [0.2, 0.25) is 0 Å². The molecule has 0 radical (unpaired) electrons. The summed E-state index contributed by atoms with van der Waals surface area (Å²) in [6, 6.07) is 23.2. The van der Waals surface area contributed by atoms with Crippen LogP contribution in [0.5, 0.6) is 5.75 Å². The molecule has 0 saturated carbocycles. The summed E-state index contributed by atoms with van der Waals surface area (Å²) in [7, 11) is 0. The standard InChI is InChI=1S/C37H34OS/c1-2-3-4-5-6-7-8-9-10-20-38-29-22-26-16-15-24-12-11-23-13-14-25-17-18-27-35-32(25)30(23)31(24)33(26)36(35)34(29)28-19-21-39-37(27)28/h11-19,21-22H,2-10,20H2,1H3. The fourth-order valence-electron chi connectivity index (χ4n) is 7.31. The lowest BCUT2D eigenvalue weighted by molar-refractivity contribution is 0.308. The summed E-state index contributed by atoms with van der Waals surface area (Å²) in [5.41, 5.74) is 0. The SMILES string of the molecule is CCCCCCCCCCCOc1cc2ccc3ccc4ccc5ccc6c7sccc7c1c1c2c3c4c5c61. The molecule has 8 rings (SSSR count). The van der Waals surface area contributed by atoms with Crippen LogP contribution in [0.3, 0.4) is 0 Å². The van der Waals surface area contributed by atoms with Crippen LogP contribution in [-0.2, 0) is 0 Å². The summed E-state index contributed by atoms with van der Waals surface area (Å²) in [5.74, 6) is 1.06. The predicted octanol–water partition coefficient (Wildman–Crippen LogP) is 12.0. The van der Waals surface area contributed by atoms with Gasteiger partial charge in [0.25, 0.3) is 0 Å². The molecule has 0 aliphatic carbocycles. The Morgan fingerprint density at radius 3 is 1.74 bits per heavy atom. The van der Waals surface area contributed by atoms with Crippen molar-refractivity contribution in [2.24, 2.45) is 0 Å². The van der Waals surface area contributed by atoms with E-state index in [-0.39, 0.29) is 0 Å². The van der Waals surface area contributed by atoms with Gasteiger partial charge in [0.15, 0.2) is 0 Å². The number of fused-ring (bicyclic) bond motifs is 3. The van der Waals surface area contributed by atoms with Gasteiger partial charge in [0.1, 0.15) is 5.75 Å². The number of ether oxygens (including phenoxy) is 1. The average molecular weight is 527 g/mol. The first-order chi connectivity index (χ1) is 19.3. The summed E-state index contributed by atoms with van der Waals surface area (Å²) in [4.78, 5) is 0. The monoisotopic (exact) mass is 526 g/mol. The van der Waals surface area contributed by atoms with Gasteiger partial charge in [-0.2, -0.15) is 0 Å². The third-order valence-electron chi connectivity index (χ3n) is 9.15. The lowest BCUT2D eigenvalue weighted by Gasteiger charge is -2.23. The van der Waals surface area contributed by atoms with Crippen LogP contribution < -0.4 is 4.74 Å². The summed E-state index contributed by atoms with van der Waals surface area (Å²) in [5, 5.41) is 20.1. The van der Waals surface area contributed by atoms with E-state index in [0.29, 0.717) is 0 Å². The fourth-order valence-corrected chi connectivity index (χ4v) is 8.24. The zero-order valence-electron chi connectivity index (χ0n) is 22.7. The molecular formula is C37H34OS. The van der Waals surface area contributed by atoms with Gasteiger partial charge in [0.2, 0.25) is 0 Å². The smallest absolute Gasteiger partial charge is 0.128 e. The number of unbranched alkanes of at least 4 members (excludes halogenated alkanes) is 8. The zero-order chi connectivity index (χ0) is 25.9. The molecule has 0 amide bonds. The minimum absolute atomic E-state index is 0.790. The molecule has 0 unspecified atom stereocenters. The molecule has 2 heteroatoms. The Balaban J connectivity index is 1.25. The maximum absolute atomic E-state index is 6.70. The first-order valence-corrected chi connectivity index (χ1v) is 15.9. The predicted molar refractivity (Wildman–Crippen MR) is 173 cm³/mol. The number of benzene rings is 7. The third kappa shape index (κ3) is 3.50. The lowest BCUT2D eigenvalue weighted by Crippen LogP contribution is -2.00. The highest BCUT2D eigenvalue weighted by Crippen LogP contribution is 2.53. The molecule has 0 fully saturated rings. The van der Waals surface area contributed by atoms with E-state index in [0.717, 1.165) is 18.8 Å². The second-order valence-electron chi connectivity index (χ2n) is 11.5. The topological polar surface area (TPSA) is 9.23 Å². The highest BCUT2D eigenvalue weighted by atomic mass is 32.1. The van der Waals surface area contributed by atoms with E-state index in [1.54, 1.807) is 0 Å². The van der Waals surface area contributed by atoms with Crippen molar-refractivity contribution < 1.29 is 4.74 Å². The van der Waals surface area contributed by atoms with Crippen LogP contribution in [0.1, 0.15) is 64.7 Å². The van der Waals surface area contributed by atoms with Gasteiger partial charge in [-0.1, -0.05) is 107 Å². The Bertz CT molecular complexity index is 2060. The van der Waals surface area contributed by atoms with Gasteiger partial charge in [-0.15, -0.1) is 11.3 Å². The highest BCUT2D eigenvalue weighted by molar-refractivity contribution is 7.18. The van der Waals surface area contributed by atoms with Crippen LogP contribution in [0.15, 0.2) is 66.0 Å². The molecule has 8 aromatic rings. The van der Waals surface area contributed by atoms with Crippen molar-refractivity contribution in [3.8, 4) is 5.75 Å². The van der Waals surface area contributed by atoms with Gasteiger partial charge in [0.05, 0.1) is 6.61 Å². The summed E-state index contributed by atoms with van der Waals surface area (Å²) < 4.78 is 8.08. The Kier molecular flexibility index (Phi) is 5.66. The number of rotatable bonds is 11. The summed E-state index contributed by atoms with van der Waals surface area (Å²) in [6.07, 6.45) is 12.0. The molecule has 7 aromatic carbocycles. The third-order valence-corrected chi connectivity index (χ3v) is 10.1. The Morgan fingerprint density at radius 1 is 0.513 bits per heavy atom. The van der Waals surface area contributed by atoms with Crippen LogP contribution in [0.4, 0.5) is 0 Å². The van der Waals surface area contributed by atoms with Gasteiger partial charge in [0, 0.05) is 31.6 Å². The van der Waals surface area contributed by atoms with Crippen molar-refractivity contribution >= 4 is 86.1 Å². The molecule has 0 atom stereocenters. The molecule has 0 N–H and O–H groups in total. The molecular weight excluding hydrogens is 492 g/mol. The number of hydrogen-bond acceptors (Lipinski definition) is 2. The van der Waals surface area contributed by atoms with Crippen LogP contribution in [0.25, 0.3) is 74.7 Å². The summed E-state index contributed by atoms with van der Waals surface area (Å²) >= 11 is 1.87. The summed E-state index contributed by atoms with van der Waals surface area (Å²) in [6.45, 7) is 3.08. The second-order valence-corrected chi connectivity index (χ2v) is 12.5. The Labute approximate surface area is 233 Å². The maximum Gasteiger partial charge on any atom is 0.128 e. The fraction of sp³-hybridized carbons (Fsp3) is 0.297. The first kappa shape index (κ1) is 23.5. The van der Waals surface area contributed by atoms with Crippen LogP contribution >= 0.6 is 11.3 Å². The lowest BCUT2D eigenvalue weighted by atomic mass is 9.82. The highest BCUT2D eigenvalue weighted by Gasteiger charge is 2.24. The molecule has 0 aliphatic rings. The van der Waals surface area contributed by atoms with E-state index in [9.17, 15) is 0 Å². The molecule has 39 heavy (non-hydrogen) atoms. The van der Waals surface area contributed by atoms with Gasteiger partial charge in [-0.05, 0) is 67.0 Å². The van der Waals surface area contributed by atoms with E-state index >= 15 is 0 Å². The molecule has 0 spiro atoms. The molecule has 0 bridgehead atoms. The molecule has 1 aromatic heterocycles. The Hall–Kier alpha value is -3.36. The van der Waals surface area contributed by atoms with Crippen molar-refractivity contribution in [3.63, 3.8) is 0 Å². The number of thiophene rings is 1. The van der Waals surface area contributed by atoms with Gasteiger partial charge >= 0.3 is 0 Å². The van der Waals surface area contributed by atoms with E-state index in [1.807, 2.05) is 11.3 Å². The van der Waals surface area contributed by atoms with Gasteiger partial charge in [-0.3, -0.25) is 0 Å².